The number of unbranched alkanes of at least 4 members (excludes halogenated alkanes) is 6. The normalized spacial score (nSPS) is 24.2. The summed E-state index contributed by atoms with van der Waals surface area (Å²) in [6.07, 6.45) is 12.1. The van der Waals surface area contributed by atoms with Crippen LogP contribution in [-0.2, 0) is 30.3 Å². The van der Waals surface area contributed by atoms with Gasteiger partial charge in [0, 0.05) is 35.8 Å². The molecular weight excluding hydrogens is 556 g/mol. The topological polar surface area (TPSA) is 117 Å². The number of benzene rings is 1. The Kier molecular flexibility index (Phi) is 14.2. The summed E-state index contributed by atoms with van der Waals surface area (Å²) in [5, 5.41) is 18.3. The van der Waals surface area contributed by atoms with E-state index in [-0.39, 0.29) is 36.2 Å². The lowest BCUT2D eigenvalue weighted by molar-refractivity contribution is -0.313. The number of carboxylic acid groups (broad SMARTS) is 1. The van der Waals surface area contributed by atoms with Gasteiger partial charge < -0.3 is 30.0 Å². The third-order valence-electron chi connectivity index (χ3n) is 9.48. The zero-order valence-electron chi connectivity index (χ0n) is 27.8. The predicted molar refractivity (Wildman–Crippen MR) is 170 cm³/mol. The van der Waals surface area contributed by atoms with E-state index >= 15 is 0 Å². The third-order valence-corrected chi connectivity index (χ3v) is 9.48. The molecule has 1 aromatic rings. The Morgan fingerprint density at radius 2 is 1.57 bits per heavy atom. The second-order valence-corrected chi connectivity index (χ2v) is 14.3. The van der Waals surface area contributed by atoms with E-state index in [2.05, 4.69) is 29.7 Å². The van der Waals surface area contributed by atoms with Gasteiger partial charge in [0.05, 0.1) is 6.61 Å². The average Bonchev–Trinajstić information content (AvgIpc) is 2.98. The molecule has 2 aliphatic rings. The summed E-state index contributed by atoms with van der Waals surface area (Å²) in [5.74, 6) is -3.25. The Balaban J connectivity index is 1.50. The van der Waals surface area contributed by atoms with Crippen LogP contribution in [0.3, 0.4) is 0 Å². The van der Waals surface area contributed by atoms with E-state index in [1.165, 1.54) is 37.7 Å². The lowest BCUT2D eigenvalue weighted by Gasteiger charge is -2.45. The minimum Gasteiger partial charge on any atom is -0.550 e. The van der Waals surface area contributed by atoms with Crippen molar-refractivity contribution in [3.8, 4) is 0 Å². The summed E-state index contributed by atoms with van der Waals surface area (Å²) >= 11 is 0. The molecule has 1 saturated heterocycles. The highest BCUT2D eigenvalue weighted by Gasteiger charge is 2.46. The molecule has 3 atom stereocenters. The van der Waals surface area contributed by atoms with Gasteiger partial charge in [-0.2, -0.15) is 0 Å². The lowest BCUT2D eigenvalue weighted by atomic mass is 9.77. The van der Waals surface area contributed by atoms with E-state index in [0.29, 0.717) is 32.3 Å². The van der Waals surface area contributed by atoms with Crippen LogP contribution in [0.15, 0.2) is 30.3 Å². The minimum absolute atomic E-state index is 0.00230. The van der Waals surface area contributed by atoms with Crippen molar-refractivity contribution in [2.24, 2.45) is 23.2 Å². The van der Waals surface area contributed by atoms with Crippen LogP contribution in [0.4, 0.5) is 0 Å². The van der Waals surface area contributed by atoms with Crippen LogP contribution in [0, 0.1) is 23.2 Å². The minimum atomic E-state index is -1.15. The second-order valence-electron chi connectivity index (χ2n) is 14.3. The molecule has 8 nitrogen and oxygen atoms in total. The van der Waals surface area contributed by atoms with Crippen LogP contribution < -0.4 is 15.7 Å². The van der Waals surface area contributed by atoms with Crippen molar-refractivity contribution in [3.63, 3.8) is 0 Å². The summed E-state index contributed by atoms with van der Waals surface area (Å²) in [6.45, 7) is 9.92. The number of amides is 2. The molecule has 1 heterocycles. The number of aliphatic carboxylic acids is 1. The highest BCUT2D eigenvalue weighted by molar-refractivity contribution is 5.82. The predicted octanol–water partition coefficient (Wildman–Crippen LogP) is 5.32. The Morgan fingerprint density at radius 3 is 2.20 bits per heavy atom. The summed E-state index contributed by atoms with van der Waals surface area (Å²) in [7, 11) is 0. The largest absolute Gasteiger partial charge is 0.550 e. The molecule has 0 aromatic heterocycles. The Hall–Kier alpha value is -2.45. The first-order valence-corrected chi connectivity index (χ1v) is 17.1. The van der Waals surface area contributed by atoms with Gasteiger partial charge in [-0.05, 0) is 63.9 Å². The maximum Gasteiger partial charge on any atom is 0.249 e. The summed E-state index contributed by atoms with van der Waals surface area (Å²) in [5.41, 5.74) is 0.635. The summed E-state index contributed by atoms with van der Waals surface area (Å²) < 4.78 is 11.6. The number of carbonyl (C=O) groups is 3. The molecule has 3 rings (SSSR count). The molecule has 44 heavy (non-hydrogen) atoms. The zero-order chi connectivity index (χ0) is 32.2. The van der Waals surface area contributed by atoms with Crippen molar-refractivity contribution in [3.05, 3.63) is 35.9 Å². The monoisotopic (exact) mass is 613 g/mol. The van der Waals surface area contributed by atoms with Crippen LogP contribution in [0.2, 0.25) is 0 Å². The van der Waals surface area contributed by atoms with Gasteiger partial charge in [-0.25, -0.2) is 0 Å². The first-order valence-electron chi connectivity index (χ1n) is 17.1. The van der Waals surface area contributed by atoms with Crippen LogP contribution in [0.25, 0.3) is 0 Å². The van der Waals surface area contributed by atoms with Crippen LogP contribution >= 0.6 is 0 Å². The van der Waals surface area contributed by atoms with Crippen molar-refractivity contribution in [2.45, 2.75) is 136 Å². The highest BCUT2D eigenvalue weighted by atomic mass is 16.7. The maximum absolute atomic E-state index is 13.5. The molecule has 1 aromatic carbocycles. The first kappa shape index (κ1) is 36.0. The molecule has 1 aliphatic heterocycles. The molecule has 3 unspecified atom stereocenters. The summed E-state index contributed by atoms with van der Waals surface area (Å²) in [4.78, 5) is 38.7. The second kappa shape index (κ2) is 17.3. The maximum atomic E-state index is 13.5. The smallest absolute Gasteiger partial charge is 0.249 e. The van der Waals surface area contributed by atoms with E-state index < -0.39 is 29.2 Å². The quantitative estimate of drug-likeness (QED) is 0.230. The molecule has 2 fully saturated rings. The number of hydrogen-bond donors (Lipinski definition) is 2. The lowest BCUT2D eigenvalue weighted by Crippen LogP contribution is -2.57. The molecule has 0 bridgehead atoms. The van der Waals surface area contributed by atoms with E-state index in [4.69, 9.17) is 9.47 Å². The van der Waals surface area contributed by atoms with Crippen molar-refractivity contribution < 1.29 is 29.0 Å². The Labute approximate surface area is 265 Å². The molecule has 2 N–H and O–H groups in total. The Morgan fingerprint density at radius 1 is 0.932 bits per heavy atom. The van der Waals surface area contributed by atoms with Gasteiger partial charge >= 0.3 is 0 Å². The van der Waals surface area contributed by atoms with Gasteiger partial charge in [-0.1, -0.05) is 96.0 Å². The number of carboxylic acids is 1. The van der Waals surface area contributed by atoms with Crippen LogP contribution in [0.5, 0.6) is 0 Å². The van der Waals surface area contributed by atoms with Gasteiger partial charge in [0.1, 0.15) is 6.10 Å². The number of hydrogen-bond acceptors (Lipinski definition) is 6. The molecule has 1 saturated carbocycles. The molecule has 1 aliphatic carbocycles. The van der Waals surface area contributed by atoms with E-state index in [9.17, 15) is 19.5 Å². The van der Waals surface area contributed by atoms with E-state index in [1.54, 1.807) is 13.8 Å². The van der Waals surface area contributed by atoms with Crippen LogP contribution in [0.1, 0.15) is 117 Å². The number of rotatable bonds is 17. The fraction of sp³-hybridized carbons (Fsp3) is 0.750. The average molecular weight is 614 g/mol. The number of carbonyl (C=O) groups excluding carboxylic acids is 3. The van der Waals surface area contributed by atoms with Crippen molar-refractivity contribution >= 4 is 17.8 Å². The standard InChI is InChI=1S/C36H58N2O6/c1-6-7-8-9-10-11-15-18-28(23-26-16-13-12-14-17-26)32(39)38-29-21-19-27(20-22-29)30(34(41)42)24-37-33(40)31-35(2,3)25-43-36(4,5)44-31/h12-14,16-17,27-31H,6-11,15,18-25H2,1-5H3,(H,37,40)(H,38,39)(H,41,42)/p-1. The van der Waals surface area contributed by atoms with Crippen molar-refractivity contribution in [1.29, 1.82) is 0 Å². The zero-order valence-corrected chi connectivity index (χ0v) is 27.8. The summed E-state index contributed by atoms with van der Waals surface area (Å²) in [6, 6.07) is 10.2. The molecular formula is C36H57N2O6-. The molecule has 0 spiro atoms. The SMILES string of the molecule is CCCCCCCCCC(Cc1ccccc1)C(=O)NC1CCC(C(CNC(=O)C2OC(C)(C)OCC2(C)C)C(=O)[O-])CC1. The first-order chi connectivity index (χ1) is 20.9. The number of nitrogens with one attached hydrogen (secondary N) is 2. The fourth-order valence-corrected chi connectivity index (χ4v) is 6.62. The van der Waals surface area contributed by atoms with Gasteiger partial charge in [0.25, 0.3) is 0 Å². The van der Waals surface area contributed by atoms with E-state index in [1.807, 2.05) is 32.0 Å². The number of ether oxygens (including phenoxy) is 2. The van der Waals surface area contributed by atoms with Gasteiger partial charge in [0.2, 0.25) is 11.8 Å². The highest BCUT2D eigenvalue weighted by Crippen LogP contribution is 2.35. The third kappa shape index (κ3) is 11.5. The van der Waals surface area contributed by atoms with Crippen LogP contribution in [-0.4, -0.2) is 48.9 Å². The van der Waals surface area contributed by atoms with Crippen molar-refractivity contribution in [1.82, 2.24) is 10.6 Å². The molecule has 2 amide bonds. The molecule has 248 valence electrons. The molecule has 0 radical (unpaired) electrons. The van der Waals surface area contributed by atoms with E-state index in [0.717, 1.165) is 25.7 Å². The molecule has 8 heteroatoms. The fourth-order valence-electron chi connectivity index (χ4n) is 6.62. The van der Waals surface area contributed by atoms with Gasteiger partial charge in [0.15, 0.2) is 5.79 Å². The van der Waals surface area contributed by atoms with Crippen molar-refractivity contribution in [2.75, 3.05) is 13.2 Å². The van der Waals surface area contributed by atoms with Gasteiger partial charge in [-0.15, -0.1) is 0 Å². The van der Waals surface area contributed by atoms with Gasteiger partial charge in [-0.3, -0.25) is 9.59 Å². The Bertz CT molecular complexity index is 1030.